The van der Waals surface area contributed by atoms with Crippen molar-refractivity contribution in [2.24, 2.45) is 0 Å². The van der Waals surface area contributed by atoms with Gasteiger partial charge in [-0.25, -0.2) is 9.97 Å². The third kappa shape index (κ3) is 3.87. The fraction of sp³-hybridized carbons (Fsp3) is 0.167. The maximum absolute atomic E-state index is 13.2. The van der Waals surface area contributed by atoms with Gasteiger partial charge in [0.1, 0.15) is 11.6 Å². The van der Waals surface area contributed by atoms with E-state index < -0.39 is 40.6 Å². The lowest BCUT2D eigenvalue weighted by Crippen LogP contribution is -2.14. The van der Waals surface area contributed by atoms with E-state index in [1.54, 1.807) is 18.2 Å². The lowest BCUT2D eigenvalue weighted by atomic mass is 9.96. The monoisotopic (exact) mass is 415 g/mol. The predicted octanol–water partition coefficient (Wildman–Crippen LogP) is 5.98. The first-order valence-electron chi connectivity index (χ1n) is 7.62. The molecule has 0 aliphatic heterocycles. The van der Waals surface area contributed by atoms with Crippen LogP contribution in [-0.2, 0) is 12.4 Å². The molecule has 0 aliphatic carbocycles. The number of rotatable bonds is 2. The predicted molar refractivity (Wildman–Crippen MR) is 88.5 cm³/mol. The first-order chi connectivity index (χ1) is 13.0. The molecule has 0 saturated carbocycles. The van der Waals surface area contributed by atoms with Gasteiger partial charge in [0.05, 0.1) is 17.3 Å². The first kappa shape index (κ1) is 19.9. The molecule has 1 aromatic carbocycles. The summed E-state index contributed by atoms with van der Waals surface area (Å²) >= 11 is 5.88. The Morgan fingerprint density at radius 3 is 2.21 bits per heavy atom. The molecule has 0 aliphatic rings. The fourth-order valence-corrected chi connectivity index (χ4v) is 2.86. The van der Waals surface area contributed by atoms with E-state index in [4.69, 9.17) is 11.6 Å². The molecule has 0 fully saturated rings. The van der Waals surface area contributed by atoms with Crippen LogP contribution in [-0.4, -0.2) is 9.97 Å². The third-order valence-corrected chi connectivity index (χ3v) is 4.13. The van der Waals surface area contributed by atoms with Crippen molar-refractivity contribution in [2.45, 2.75) is 18.3 Å². The van der Waals surface area contributed by atoms with Crippen molar-refractivity contribution < 1.29 is 26.3 Å². The van der Waals surface area contributed by atoms with E-state index in [1.165, 1.54) is 6.07 Å². The molecule has 0 spiro atoms. The SMILES string of the molecule is N#C[C@@H](c1cccc(Cl)c1)c1ccc2c(C(F)(F)F)cc(C(F)(F)F)nc2n1. The van der Waals surface area contributed by atoms with Gasteiger partial charge in [0.25, 0.3) is 0 Å². The molecule has 28 heavy (non-hydrogen) atoms. The quantitative estimate of drug-likeness (QED) is 0.484. The van der Waals surface area contributed by atoms with Crippen LogP contribution in [0.4, 0.5) is 26.3 Å². The van der Waals surface area contributed by atoms with Crippen LogP contribution in [0.2, 0.25) is 5.02 Å². The van der Waals surface area contributed by atoms with Crippen molar-refractivity contribution in [3.8, 4) is 6.07 Å². The molecule has 144 valence electrons. The van der Waals surface area contributed by atoms with Gasteiger partial charge >= 0.3 is 12.4 Å². The van der Waals surface area contributed by atoms with Crippen LogP contribution >= 0.6 is 11.6 Å². The highest BCUT2D eigenvalue weighted by Crippen LogP contribution is 2.38. The molecule has 3 aromatic rings. The summed E-state index contributed by atoms with van der Waals surface area (Å²) in [6.07, 6.45) is -10.1. The highest BCUT2D eigenvalue weighted by Gasteiger charge is 2.39. The summed E-state index contributed by atoms with van der Waals surface area (Å²) in [6, 6.07) is 10.1. The van der Waals surface area contributed by atoms with Crippen molar-refractivity contribution in [2.75, 3.05) is 0 Å². The highest BCUT2D eigenvalue weighted by molar-refractivity contribution is 6.30. The van der Waals surface area contributed by atoms with Crippen molar-refractivity contribution in [3.05, 3.63) is 70.0 Å². The lowest BCUT2D eigenvalue weighted by molar-refractivity contribution is -0.144. The van der Waals surface area contributed by atoms with Crippen LogP contribution in [0, 0.1) is 11.3 Å². The van der Waals surface area contributed by atoms with Gasteiger partial charge in [-0.15, -0.1) is 0 Å². The molecule has 2 heterocycles. The number of alkyl halides is 6. The Hall–Kier alpha value is -2.86. The van der Waals surface area contributed by atoms with Crippen LogP contribution in [0.1, 0.15) is 28.4 Å². The van der Waals surface area contributed by atoms with Crippen molar-refractivity contribution in [1.29, 1.82) is 5.26 Å². The van der Waals surface area contributed by atoms with Gasteiger partial charge in [-0.3, -0.25) is 0 Å². The minimum absolute atomic E-state index is 0.0442. The molecule has 0 saturated heterocycles. The van der Waals surface area contributed by atoms with E-state index >= 15 is 0 Å². The minimum Gasteiger partial charge on any atom is -0.231 e. The zero-order valence-corrected chi connectivity index (χ0v) is 14.4. The molecule has 1 atom stereocenters. The van der Waals surface area contributed by atoms with Gasteiger partial charge in [-0.1, -0.05) is 23.7 Å². The smallest absolute Gasteiger partial charge is 0.231 e. The molecule has 3 rings (SSSR count). The van der Waals surface area contributed by atoms with Crippen LogP contribution in [0.5, 0.6) is 0 Å². The Bertz CT molecular complexity index is 1090. The normalized spacial score (nSPS) is 13.4. The summed E-state index contributed by atoms with van der Waals surface area (Å²) in [6.45, 7) is 0. The largest absolute Gasteiger partial charge is 0.433 e. The minimum atomic E-state index is -5.09. The highest BCUT2D eigenvalue weighted by atomic mass is 35.5. The van der Waals surface area contributed by atoms with Crippen LogP contribution in [0.3, 0.4) is 0 Å². The summed E-state index contributed by atoms with van der Waals surface area (Å²) in [5, 5.41) is 9.17. The second kappa shape index (κ2) is 6.95. The number of hydrogen-bond donors (Lipinski definition) is 0. The summed E-state index contributed by atoms with van der Waals surface area (Å²) < 4.78 is 78.7. The average molecular weight is 416 g/mol. The van der Waals surface area contributed by atoms with Gasteiger partial charge in [0.15, 0.2) is 5.65 Å². The number of hydrogen-bond acceptors (Lipinski definition) is 3. The van der Waals surface area contributed by atoms with E-state index in [9.17, 15) is 31.6 Å². The third-order valence-electron chi connectivity index (χ3n) is 3.90. The Morgan fingerprint density at radius 1 is 0.929 bits per heavy atom. The molecular weight excluding hydrogens is 408 g/mol. The van der Waals surface area contributed by atoms with Crippen molar-refractivity contribution in [1.82, 2.24) is 9.97 Å². The summed E-state index contributed by atoms with van der Waals surface area (Å²) in [5.74, 6) is -1.05. The summed E-state index contributed by atoms with van der Waals surface area (Å²) in [7, 11) is 0. The summed E-state index contributed by atoms with van der Waals surface area (Å²) in [5.41, 5.74) is -3.61. The number of aromatic nitrogens is 2. The van der Waals surface area contributed by atoms with E-state index in [0.717, 1.165) is 12.1 Å². The molecule has 3 nitrogen and oxygen atoms in total. The zero-order chi connectivity index (χ0) is 20.7. The number of benzene rings is 1. The molecule has 0 bridgehead atoms. The number of fused-ring (bicyclic) bond motifs is 1. The average Bonchev–Trinajstić information content (AvgIpc) is 2.59. The number of nitriles is 1. The molecule has 0 N–H and O–H groups in total. The van der Waals surface area contributed by atoms with Gasteiger partial charge < -0.3 is 0 Å². The summed E-state index contributed by atoms with van der Waals surface area (Å²) in [4.78, 5) is 7.06. The van der Waals surface area contributed by atoms with Gasteiger partial charge in [0.2, 0.25) is 0 Å². The van der Waals surface area contributed by atoms with Crippen molar-refractivity contribution >= 4 is 22.6 Å². The van der Waals surface area contributed by atoms with E-state index in [0.29, 0.717) is 10.6 Å². The van der Waals surface area contributed by atoms with Crippen LogP contribution in [0.25, 0.3) is 11.0 Å². The maximum atomic E-state index is 13.2. The second-order valence-corrected chi connectivity index (χ2v) is 6.21. The molecular formula is C18H8ClF6N3. The topological polar surface area (TPSA) is 49.6 Å². The van der Waals surface area contributed by atoms with Gasteiger partial charge in [-0.2, -0.15) is 31.6 Å². The van der Waals surface area contributed by atoms with E-state index in [-0.39, 0.29) is 11.8 Å². The Labute approximate surface area is 159 Å². The molecule has 2 aromatic heterocycles. The number of pyridine rings is 2. The molecule has 0 amide bonds. The van der Waals surface area contributed by atoms with Crippen molar-refractivity contribution in [3.63, 3.8) is 0 Å². The first-order valence-corrected chi connectivity index (χ1v) is 7.99. The Kier molecular flexibility index (Phi) is 4.93. The van der Waals surface area contributed by atoms with E-state index in [1.807, 2.05) is 6.07 Å². The van der Waals surface area contributed by atoms with Gasteiger partial charge in [-0.05, 0) is 35.9 Å². The van der Waals surface area contributed by atoms with Crippen LogP contribution < -0.4 is 0 Å². The zero-order valence-electron chi connectivity index (χ0n) is 13.6. The Morgan fingerprint density at radius 2 is 1.64 bits per heavy atom. The molecule has 0 radical (unpaired) electrons. The fourth-order valence-electron chi connectivity index (χ4n) is 2.66. The molecule has 10 heteroatoms. The standard InChI is InChI=1S/C18H8ClF6N3/c19-10-3-1-2-9(6-10)12(8-26)14-5-4-11-13(17(20,21)22)7-15(18(23,24)25)28-16(11)27-14/h1-7,12H/t12-/m0/s1. The number of halogens is 7. The lowest BCUT2D eigenvalue weighted by Gasteiger charge is -2.15. The van der Waals surface area contributed by atoms with Gasteiger partial charge in [0, 0.05) is 10.4 Å². The Balaban J connectivity index is 2.24. The second-order valence-electron chi connectivity index (χ2n) is 5.77. The van der Waals surface area contributed by atoms with E-state index in [2.05, 4.69) is 9.97 Å². The van der Waals surface area contributed by atoms with Crippen LogP contribution in [0.15, 0.2) is 42.5 Å². The molecule has 0 unspecified atom stereocenters. The maximum Gasteiger partial charge on any atom is 0.433 e. The number of nitrogens with zero attached hydrogens (tertiary/aromatic N) is 3.